The monoisotopic (exact) mass is 348 g/mol. The Kier molecular flexibility index (Phi) is 6.46. The standard InChI is InChI=1S/C19H24N2O2.ClH/c1-23-18-10-9-13-5-2-3-8-16(13)17(18)12-21-19(22)14-6-4-7-15(20)11-14;/h2-3,5,8-10,14-15H,4,6-7,11-12,20H2,1H3,(H,21,22);1H. The second-order valence-electron chi connectivity index (χ2n) is 6.31. The van der Waals surface area contributed by atoms with Gasteiger partial charge in [0.15, 0.2) is 0 Å². The van der Waals surface area contributed by atoms with E-state index >= 15 is 0 Å². The average molecular weight is 349 g/mol. The number of rotatable bonds is 4. The number of carbonyl (C=O) groups excluding carboxylic acids is 1. The fraction of sp³-hybridized carbons (Fsp3) is 0.421. The van der Waals surface area contributed by atoms with Gasteiger partial charge in [-0.05, 0) is 36.1 Å². The predicted octanol–water partition coefficient (Wildman–Crippen LogP) is 3.40. The van der Waals surface area contributed by atoms with Crippen LogP contribution in [0.2, 0.25) is 0 Å². The highest BCUT2D eigenvalue weighted by atomic mass is 35.5. The van der Waals surface area contributed by atoms with Gasteiger partial charge < -0.3 is 15.8 Å². The molecule has 0 aromatic heterocycles. The minimum Gasteiger partial charge on any atom is -0.496 e. The highest BCUT2D eigenvalue weighted by molar-refractivity contribution is 5.88. The highest BCUT2D eigenvalue weighted by Crippen LogP contribution is 2.28. The van der Waals surface area contributed by atoms with Gasteiger partial charge in [-0.3, -0.25) is 4.79 Å². The molecule has 1 amide bonds. The van der Waals surface area contributed by atoms with E-state index in [0.717, 1.165) is 47.8 Å². The summed E-state index contributed by atoms with van der Waals surface area (Å²) in [5, 5.41) is 5.35. The first kappa shape index (κ1) is 18.6. The average Bonchev–Trinajstić information content (AvgIpc) is 2.59. The smallest absolute Gasteiger partial charge is 0.223 e. The van der Waals surface area contributed by atoms with Crippen LogP contribution in [-0.4, -0.2) is 19.1 Å². The normalized spacial score (nSPS) is 20.2. The molecule has 1 saturated carbocycles. The van der Waals surface area contributed by atoms with Crippen LogP contribution in [-0.2, 0) is 11.3 Å². The Morgan fingerprint density at radius 3 is 2.79 bits per heavy atom. The van der Waals surface area contributed by atoms with Gasteiger partial charge >= 0.3 is 0 Å². The van der Waals surface area contributed by atoms with E-state index in [2.05, 4.69) is 17.4 Å². The number of hydrogen-bond acceptors (Lipinski definition) is 3. The summed E-state index contributed by atoms with van der Waals surface area (Å²) in [6, 6.07) is 12.3. The Morgan fingerprint density at radius 1 is 1.25 bits per heavy atom. The van der Waals surface area contributed by atoms with Crippen LogP contribution >= 0.6 is 12.4 Å². The maximum absolute atomic E-state index is 12.4. The maximum Gasteiger partial charge on any atom is 0.223 e. The first-order valence-electron chi connectivity index (χ1n) is 8.27. The van der Waals surface area contributed by atoms with Crippen LogP contribution in [0.1, 0.15) is 31.2 Å². The number of nitrogens with one attached hydrogen (secondary N) is 1. The van der Waals surface area contributed by atoms with Crippen molar-refractivity contribution in [1.29, 1.82) is 0 Å². The van der Waals surface area contributed by atoms with Crippen LogP contribution in [0.25, 0.3) is 10.8 Å². The van der Waals surface area contributed by atoms with E-state index < -0.39 is 0 Å². The number of amides is 1. The Morgan fingerprint density at radius 2 is 2.04 bits per heavy atom. The summed E-state index contributed by atoms with van der Waals surface area (Å²) in [6.07, 6.45) is 3.79. The third-order valence-corrected chi connectivity index (χ3v) is 4.74. The van der Waals surface area contributed by atoms with Crippen molar-refractivity contribution in [3.63, 3.8) is 0 Å². The number of fused-ring (bicyclic) bond motifs is 1. The summed E-state index contributed by atoms with van der Waals surface area (Å²) in [6.45, 7) is 0.481. The van der Waals surface area contributed by atoms with Gasteiger partial charge in [0, 0.05) is 24.1 Å². The van der Waals surface area contributed by atoms with E-state index in [9.17, 15) is 4.79 Å². The van der Waals surface area contributed by atoms with Gasteiger partial charge in [-0.15, -0.1) is 12.4 Å². The van der Waals surface area contributed by atoms with Crippen molar-refractivity contribution in [2.24, 2.45) is 11.7 Å². The van der Waals surface area contributed by atoms with Gasteiger partial charge in [0.1, 0.15) is 5.75 Å². The number of nitrogens with two attached hydrogens (primary N) is 1. The molecule has 2 atom stereocenters. The summed E-state index contributed by atoms with van der Waals surface area (Å²) in [5.74, 6) is 0.958. The molecule has 2 unspecified atom stereocenters. The van der Waals surface area contributed by atoms with E-state index in [-0.39, 0.29) is 30.3 Å². The fourth-order valence-corrected chi connectivity index (χ4v) is 3.48. The van der Waals surface area contributed by atoms with Crippen molar-refractivity contribution < 1.29 is 9.53 Å². The summed E-state index contributed by atoms with van der Waals surface area (Å²) < 4.78 is 5.48. The molecule has 2 aromatic carbocycles. The molecule has 3 rings (SSSR count). The van der Waals surface area contributed by atoms with Crippen molar-refractivity contribution in [3.05, 3.63) is 42.0 Å². The van der Waals surface area contributed by atoms with Gasteiger partial charge in [0.25, 0.3) is 0 Å². The van der Waals surface area contributed by atoms with Crippen LogP contribution < -0.4 is 15.8 Å². The summed E-state index contributed by atoms with van der Waals surface area (Å²) in [7, 11) is 1.66. The molecule has 3 N–H and O–H groups in total. The van der Waals surface area contributed by atoms with Gasteiger partial charge in [-0.25, -0.2) is 0 Å². The van der Waals surface area contributed by atoms with E-state index in [4.69, 9.17) is 10.5 Å². The molecule has 0 heterocycles. The van der Waals surface area contributed by atoms with Gasteiger partial charge in [0.05, 0.1) is 7.11 Å². The number of halogens is 1. The molecule has 0 radical (unpaired) electrons. The van der Waals surface area contributed by atoms with Crippen LogP contribution in [0, 0.1) is 5.92 Å². The summed E-state index contributed by atoms with van der Waals surface area (Å²) in [4.78, 5) is 12.4. The first-order chi connectivity index (χ1) is 11.2. The largest absolute Gasteiger partial charge is 0.496 e. The lowest BCUT2D eigenvalue weighted by Crippen LogP contribution is -2.37. The maximum atomic E-state index is 12.4. The SMILES string of the molecule is COc1ccc2ccccc2c1CNC(=O)C1CCCC(N)C1.Cl. The van der Waals surface area contributed by atoms with E-state index in [1.807, 2.05) is 24.3 Å². The minimum atomic E-state index is 0. The molecule has 0 spiro atoms. The second kappa shape index (κ2) is 8.36. The zero-order chi connectivity index (χ0) is 16.2. The van der Waals surface area contributed by atoms with Crippen molar-refractivity contribution >= 4 is 29.1 Å². The first-order valence-corrected chi connectivity index (χ1v) is 8.27. The molecule has 1 fully saturated rings. The molecular formula is C19H25ClN2O2. The molecule has 4 nitrogen and oxygen atoms in total. The zero-order valence-corrected chi connectivity index (χ0v) is 14.8. The minimum absolute atomic E-state index is 0. The Hall–Kier alpha value is -1.78. The molecule has 24 heavy (non-hydrogen) atoms. The third-order valence-electron chi connectivity index (χ3n) is 4.74. The second-order valence-corrected chi connectivity index (χ2v) is 6.31. The number of carbonyl (C=O) groups is 1. The van der Waals surface area contributed by atoms with Gasteiger partial charge in [-0.2, -0.15) is 0 Å². The van der Waals surface area contributed by atoms with Crippen LogP contribution in [0.5, 0.6) is 5.75 Å². The van der Waals surface area contributed by atoms with Crippen LogP contribution in [0.15, 0.2) is 36.4 Å². The number of benzene rings is 2. The number of methoxy groups -OCH3 is 1. The van der Waals surface area contributed by atoms with Crippen molar-refractivity contribution in [2.45, 2.75) is 38.3 Å². The molecule has 0 saturated heterocycles. The van der Waals surface area contributed by atoms with Gasteiger partial charge in [0.2, 0.25) is 5.91 Å². The lowest BCUT2D eigenvalue weighted by atomic mass is 9.85. The lowest BCUT2D eigenvalue weighted by Gasteiger charge is -2.25. The molecule has 5 heteroatoms. The quantitative estimate of drug-likeness (QED) is 0.890. The van der Waals surface area contributed by atoms with Crippen LogP contribution in [0.4, 0.5) is 0 Å². The van der Waals surface area contributed by atoms with Crippen molar-refractivity contribution in [3.8, 4) is 5.75 Å². The fourth-order valence-electron chi connectivity index (χ4n) is 3.48. The highest BCUT2D eigenvalue weighted by Gasteiger charge is 2.25. The lowest BCUT2D eigenvalue weighted by molar-refractivity contribution is -0.126. The Bertz CT molecular complexity index is 705. The van der Waals surface area contributed by atoms with Crippen LogP contribution in [0.3, 0.4) is 0 Å². The molecule has 1 aliphatic rings. The summed E-state index contributed by atoms with van der Waals surface area (Å²) in [5.41, 5.74) is 7.02. The molecule has 0 aliphatic heterocycles. The number of hydrogen-bond donors (Lipinski definition) is 2. The van der Waals surface area contributed by atoms with E-state index in [0.29, 0.717) is 6.54 Å². The Labute approximate surface area is 149 Å². The molecule has 0 bridgehead atoms. The molecule has 1 aliphatic carbocycles. The zero-order valence-electron chi connectivity index (χ0n) is 14.0. The summed E-state index contributed by atoms with van der Waals surface area (Å²) >= 11 is 0. The predicted molar refractivity (Wildman–Crippen MR) is 99.5 cm³/mol. The number of ether oxygens (including phenoxy) is 1. The Balaban J connectivity index is 0.00000208. The molecular weight excluding hydrogens is 324 g/mol. The third kappa shape index (κ3) is 4.00. The molecule has 2 aromatic rings. The van der Waals surface area contributed by atoms with E-state index in [1.54, 1.807) is 7.11 Å². The van der Waals surface area contributed by atoms with Crippen molar-refractivity contribution in [1.82, 2.24) is 5.32 Å². The van der Waals surface area contributed by atoms with E-state index in [1.165, 1.54) is 0 Å². The molecule has 130 valence electrons. The topological polar surface area (TPSA) is 64.3 Å². The van der Waals surface area contributed by atoms with Crippen molar-refractivity contribution in [2.75, 3.05) is 7.11 Å². The van der Waals surface area contributed by atoms with Gasteiger partial charge in [-0.1, -0.05) is 36.8 Å².